The molecule has 0 aliphatic heterocycles. The second-order valence-corrected chi connectivity index (χ2v) is 2.37. The summed E-state index contributed by atoms with van der Waals surface area (Å²) in [4.78, 5) is 22.0. The van der Waals surface area contributed by atoms with Crippen LogP contribution in [0.2, 0.25) is 0 Å². The molecule has 0 fully saturated rings. The van der Waals surface area contributed by atoms with Gasteiger partial charge in [-0.15, -0.1) is 0 Å². The van der Waals surface area contributed by atoms with Gasteiger partial charge in [0.2, 0.25) is 0 Å². The van der Waals surface area contributed by atoms with Crippen molar-refractivity contribution in [2.45, 2.75) is 13.0 Å². The lowest BCUT2D eigenvalue weighted by molar-refractivity contribution is -0.144. The first-order valence-corrected chi connectivity index (χ1v) is 3.50. The van der Waals surface area contributed by atoms with Gasteiger partial charge in [-0.05, 0) is 6.92 Å². The molecule has 1 heterocycles. The van der Waals surface area contributed by atoms with Crippen molar-refractivity contribution in [2.75, 3.05) is 7.11 Å². The maximum absolute atomic E-state index is 11.0. The Hall–Kier alpha value is -1.52. The maximum Gasteiger partial charge on any atom is 0.330 e. The number of nitrogens with zero attached hydrogens (tertiary/aromatic N) is 1. The number of H-pyrrole nitrogens is 1. The molecule has 0 spiro atoms. The number of esters is 1. The van der Waals surface area contributed by atoms with Crippen molar-refractivity contribution in [3.63, 3.8) is 0 Å². The molecule has 66 valence electrons. The van der Waals surface area contributed by atoms with Crippen LogP contribution < -0.4 is 5.56 Å². The van der Waals surface area contributed by atoms with Crippen molar-refractivity contribution in [2.24, 2.45) is 0 Å². The van der Waals surface area contributed by atoms with Gasteiger partial charge in [0.15, 0.2) is 0 Å². The average Bonchev–Trinajstić information content (AvgIpc) is 2.48. The van der Waals surface area contributed by atoms with Crippen LogP contribution >= 0.6 is 0 Å². The smallest absolute Gasteiger partial charge is 0.330 e. The molecule has 1 aromatic heterocycles. The molecule has 1 rings (SSSR count). The van der Waals surface area contributed by atoms with E-state index in [-0.39, 0.29) is 5.56 Å². The van der Waals surface area contributed by atoms with Crippen molar-refractivity contribution < 1.29 is 9.53 Å². The lowest BCUT2D eigenvalue weighted by Crippen LogP contribution is -2.26. The topological polar surface area (TPSA) is 64.1 Å². The first-order valence-electron chi connectivity index (χ1n) is 3.50. The number of nitrogens with one attached hydrogen (secondary N) is 1. The van der Waals surface area contributed by atoms with E-state index in [0.717, 1.165) is 0 Å². The summed E-state index contributed by atoms with van der Waals surface area (Å²) in [5, 5.41) is 2.62. The summed E-state index contributed by atoms with van der Waals surface area (Å²) in [6.45, 7) is 1.59. The number of rotatable bonds is 2. The van der Waals surface area contributed by atoms with Gasteiger partial charge < -0.3 is 9.84 Å². The second kappa shape index (κ2) is 3.25. The van der Waals surface area contributed by atoms with Gasteiger partial charge in [-0.1, -0.05) is 0 Å². The third kappa shape index (κ3) is 1.39. The summed E-state index contributed by atoms with van der Waals surface area (Å²) in [7, 11) is 1.28. The molecule has 0 saturated heterocycles. The molecular weight excluding hydrogens is 160 g/mol. The number of hydrogen-bond donors (Lipinski definition) is 1. The lowest BCUT2D eigenvalue weighted by atomic mass is 10.3. The number of hydrogen-bond acceptors (Lipinski definition) is 3. The molecule has 1 atom stereocenters. The van der Waals surface area contributed by atoms with Crippen LogP contribution in [0.4, 0.5) is 0 Å². The molecule has 1 N–H and O–H groups in total. The molecule has 0 aromatic carbocycles. The minimum absolute atomic E-state index is 0.243. The summed E-state index contributed by atoms with van der Waals surface area (Å²) in [6, 6.07) is 0.747. The Bertz CT molecular complexity index is 325. The Morgan fingerprint density at radius 1 is 1.75 bits per heavy atom. The van der Waals surface area contributed by atoms with Gasteiger partial charge in [0.25, 0.3) is 5.56 Å². The Kier molecular flexibility index (Phi) is 2.32. The molecule has 0 aliphatic rings. The van der Waals surface area contributed by atoms with Crippen molar-refractivity contribution in [3.05, 3.63) is 22.6 Å². The third-order valence-corrected chi connectivity index (χ3v) is 1.61. The summed E-state index contributed by atoms with van der Waals surface area (Å²) in [5.74, 6) is -0.445. The van der Waals surface area contributed by atoms with Crippen molar-refractivity contribution in [1.82, 2.24) is 9.78 Å². The zero-order valence-electron chi connectivity index (χ0n) is 6.90. The summed E-state index contributed by atoms with van der Waals surface area (Å²) in [5.41, 5.74) is -0.243. The van der Waals surface area contributed by atoms with Crippen molar-refractivity contribution in [3.8, 4) is 0 Å². The number of aromatic nitrogens is 2. The molecule has 1 aromatic rings. The van der Waals surface area contributed by atoms with E-state index in [1.807, 2.05) is 0 Å². The summed E-state index contributed by atoms with van der Waals surface area (Å²) >= 11 is 0. The van der Waals surface area contributed by atoms with Gasteiger partial charge in [0, 0.05) is 12.3 Å². The molecular formula is C7H10N2O3. The molecule has 0 aliphatic carbocycles. The number of carbonyl (C=O) groups is 1. The SMILES string of the molecule is COC(=O)[C@H](C)n1[nH]ccc1=O. The van der Waals surface area contributed by atoms with E-state index in [1.165, 1.54) is 24.1 Å². The third-order valence-electron chi connectivity index (χ3n) is 1.61. The van der Waals surface area contributed by atoms with Gasteiger partial charge in [0.05, 0.1) is 7.11 Å². The molecule has 5 nitrogen and oxygen atoms in total. The van der Waals surface area contributed by atoms with Crippen molar-refractivity contribution >= 4 is 5.97 Å². The van der Waals surface area contributed by atoms with Gasteiger partial charge in [-0.2, -0.15) is 0 Å². The minimum atomic E-state index is -0.600. The van der Waals surface area contributed by atoms with Crippen LogP contribution in [0.5, 0.6) is 0 Å². The molecule has 5 heteroatoms. The summed E-state index contributed by atoms with van der Waals surface area (Å²) < 4.78 is 5.67. The van der Waals surface area contributed by atoms with Crippen LogP contribution in [0, 0.1) is 0 Å². The predicted molar refractivity (Wildman–Crippen MR) is 41.8 cm³/mol. The number of aromatic amines is 1. The van der Waals surface area contributed by atoms with E-state index in [4.69, 9.17) is 0 Å². The highest BCUT2D eigenvalue weighted by molar-refractivity contribution is 5.73. The first-order chi connectivity index (χ1) is 5.66. The minimum Gasteiger partial charge on any atom is -0.467 e. The standard InChI is InChI=1S/C7H10N2O3/c1-5(7(11)12-2)9-6(10)3-4-8-9/h3-5,8H,1-2H3/t5-/m0/s1. The quantitative estimate of drug-likeness (QED) is 0.631. The van der Waals surface area contributed by atoms with Crippen LogP contribution in [0.15, 0.2) is 17.1 Å². The molecule has 0 saturated carbocycles. The summed E-state index contributed by atoms with van der Waals surface area (Å²) in [6.07, 6.45) is 1.47. The van der Waals surface area contributed by atoms with E-state index >= 15 is 0 Å². The van der Waals surface area contributed by atoms with Gasteiger partial charge >= 0.3 is 5.97 Å². The van der Waals surface area contributed by atoms with E-state index in [9.17, 15) is 9.59 Å². The largest absolute Gasteiger partial charge is 0.467 e. The van der Waals surface area contributed by atoms with Crippen LogP contribution in [0.25, 0.3) is 0 Å². The van der Waals surface area contributed by atoms with Crippen LogP contribution in [-0.4, -0.2) is 22.9 Å². The van der Waals surface area contributed by atoms with E-state index in [0.29, 0.717) is 0 Å². The van der Waals surface area contributed by atoms with E-state index in [1.54, 1.807) is 6.92 Å². The highest BCUT2D eigenvalue weighted by atomic mass is 16.5. The Balaban J connectivity index is 2.92. The van der Waals surface area contributed by atoms with Crippen LogP contribution in [0.3, 0.4) is 0 Å². The zero-order chi connectivity index (χ0) is 9.14. The molecule has 0 unspecified atom stereocenters. The lowest BCUT2D eigenvalue weighted by Gasteiger charge is -2.08. The maximum atomic E-state index is 11.0. The monoisotopic (exact) mass is 170 g/mol. The Morgan fingerprint density at radius 2 is 2.42 bits per heavy atom. The van der Waals surface area contributed by atoms with Gasteiger partial charge in [-0.25, -0.2) is 9.48 Å². The van der Waals surface area contributed by atoms with Crippen molar-refractivity contribution in [1.29, 1.82) is 0 Å². The number of carbonyl (C=O) groups excluding carboxylic acids is 1. The highest BCUT2D eigenvalue weighted by Gasteiger charge is 2.16. The van der Waals surface area contributed by atoms with Crippen LogP contribution in [-0.2, 0) is 9.53 Å². The Labute approximate surface area is 68.9 Å². The number of methoxy groups -OCH3 is 1. The average molecular weight is 170 g/mol. The molecule has 0 radical (unpaired) electrons. The zero-order valence-corrected chi connectivity index (χ0v) is 6.90. The normalized spacial score (nSPS) is 12.5. The van der Waals surface area contributed by atoms with Gasteiger partial charge in [-0.3, -0.25) is 4.79 Å². The van der Waals surface area contributed by atoms with E-state index in [2.05, 4.69) is 9.84 Å². The molecule has 0 amide bonds. The Morgan fingerprint density at radius 3 is 2.83 bits per heavy atom. The van der Waals surface area contributed by atoms with Crippen LogP contribution in [0.1, 0.15) is 13.0 Å². The van der Waals surface area contributed by atoms with Gasteiger partial charge in [0.1, 0.15) is 6.04 Å². The second-order valence-electron chi connectivity index (χ2n) is 2.37. The predicted octanol–water partition coefficient (Wildman–Crippen LogP) is -0.0896. The fourth-order valence-electron chi connectivity index (χ4n) is 0.911. The number of ether oxygens (including phenoxy) is 1. The van der Waals surface area contributed by atoms with E-state index < -0.39 is 12.0 Å². The highest BCUT2D eigenvalue weighted by Crippen LogP contribution is 2.00. The molecule has 0 bridgehead atoms. The fraction of sp³-hybridized carbons (Fsp3) is 0.429. The molecule has 12 heavy (non-hydrogen) atoms. The first kappa shape index (κ1) is 8.58. The fourth-order valence-corrected chi connectivity index (χ4v) is 0.911.